The third-order valence-electron chi connectivity index (χ3n) is 2.16. The Morgan fingerprint density at radius 2 is 1.79 bits per heavy atom. The summed E-state index contributed by atoms with van der Waals surface area (Å²) in [5, 5.41) is 8.72. The quantitative estimate of drug-likeness (QED) is 0.815. The Bertz CT molecular complexity index is 743. The van der Waals surface area contributed by atoms with E-state index in [0.717, 1.165) is 11.3 Å². The summed E-state index contributed by atoms with van der Waals surface area (Å²) in [6.07, 6.45) is 0. The lowest BCUT2D eigenvalue weighted by atomic mass is 10.3. The Hall–Kier alpha value is -0.880. The van der Waals surface area contributed by atoms with Crippen LogP contribution in [0.2, 0.25) is 0 Å². The standard InChI is InChI=1S/C11H6Br2N2O2S2/c12-8-2-1-3-9(13)11(8)15-19(16,17)10-5-4-7(6-14)18-10/h1-5,15H. The lowest BCUT2D eigenvalue weighted by Gasteiger charge is -2.10. The number of para-hydroxylation sites is 1. The van der Waals surface area contributed by atoms with Crippen LogP contribution in [0, 0.1) is 11.3 Å². The molecule has 1 aromatic heterocycles. The van der Waals surface area contributed by atoms with Crippen molar-refractivity contribution >= 4 is 58.9 Å². The van der Waals surface area contributed by atoms with Crippen LogP contribution >= 0.6 is 43.2 Å². The van der Waals surface area contributed by atoms with E-state index in [-0.39, 0.29) is 4.21 Å². The van der Waals surface area contributed by atoms with Crippen molar-refractivity contribution in [1.29, 1.82) is 5.26 Å². The number of nitrogens with zero attached hydrogens (tertiary/aromatic N) is 1. The van der Waals surface area contributed by atoms with Gasteiger partial charge in [0.25, 0.3) is 10.0 Å². The second kappa shape index (κ2) is 5.63. The highest BCUT2D eigenvalue weighted by molar-refractivity contribution is 9.11. The van der Waals surface area contributed by atoms with E-state index in [2.05, 4.69) is 36.6 Å². The fourth-order valence-electron chi connectivity index (χ4n) is 1.30. The van der Waals surface area contributed by atoms with Crippen molar-refractivity contribution in [2.75, 3.05) is 4.72 Å². The van der Waals surface area contributed by atoms with E-state index >= 15 is 0 Å². The van der Waals surface area contributed by atoms with Crippen LogP contribution < -0.4 is 4.72 Å². The van der Waals surface area contributed by atoms with Crippen LogP contribution in [0.4, 0.5) is 5.69 Å². The van der Waals surface area contributed by atoms with Crippen molar-refractivity contribution in [2.24, 2.45) is 0 Å². The number of hydrogen-bond donors (Lipinski definition) is 1. The number of thiophene rings is 1. The van der Waals surface area contributed by atoms with E-state index in [0.29, 0.717) is 19.5 Å². The van der Waals surface area contributed by atoms with Gasteiger partial charge in [-0.2, -0.15) is 5.26 Å². The zero-order valence-electron chi connectivity index (χ0n) is 9.22. The van der Waals surface area contributed by atoms with Crippen molar-refractivity contribution in [3.05, 3.63) is 44.2 Å². The average Bonchev–Trinajstić information content (AvgIpc) is 2.83. The van der Waals surface area contributed by atoms with Gasteiger partial charge in [-0.3, -0.25) is 4.72 Å². The number of rotatable bonds is 3. The van der Waals surface area contributed by atoms with Gasteiger partial charge in [0.15, 0.2) is 0 Å². The van der Waals surface area contributed by atoms with Crippen LogP contribution in [0.1, 0.15) is 4.88 Å². The summed E-state index contributed by atoms with van der Waals surface area (Å²) in [6.45, 7) is 0. The predicted molar refractivity (Wildman–Crippen MR) is 81.7 cm³/mol. The molecule has 0 fully saturated rings. The second-order valence-electron chi connectivity index (χ2n) is 3.43. The smallest absolute Gasteiger partial charge is 0.271 e. The zero-order chi connectivity index (χ0) is 14.0. The minimum absolute atomic E-state index is 0.103. The molecule has 0 unspecified atom stereocenters. The highest BCUT2D eigenvalue weighted by atomic mass is 79.9. The molecule has 0 bridgehead atoms. The lowest BCUT2D eigenvalue weighted by molar-refractivity contribution is 0.603. The summed E-state index contributed by atoms with van der Waals surface area (Å²) in [5.74, 6) is 0. The maximum Gasteiger partial charge on any atom is 0.271 e. The van der Waals surface area contributed by atoms with Crippen LogP contribution in [-0.2, 0) is 10.0 Å². The van der Waals surface area contributed by atoms with Crippen molar-refractivity contribution in [3.8, 4) is 6.07 Å². The topological polar surface area (TPSA) is 70.0 Å². The largest absolute Gasteiger partial charge is 0.277 e. The number of nitrogens with one attached hydrogen (secondary N) is 1. The molecule has 19 heavy (non-hydrogen) atoms. The Labute approximate surface area is 131 Å². The van der Waals surface area contributed by atoms with E-state index in [9.17, 15) is 8.42 Å². The predicted octanol–water partition coefficient (Wildman–Crippen LogP) is 3.95. The molecule has 4 nitrogen and oxygen atoms in total. The van der Waals surface area contributed by atoms with Gasteiger partial charge >= 0.3 is 0 Å². The number of sulfonamides is 1. The van der Waals surface area contributed by atoms with Gasteiger partial charge < -0.3 is 0 Å². The van der Waals surface area contributed by atoms with Crippen molar-refractivity contribution in [2.45, 2.75) is 4.21 Å². The molecule has 2 rings (SSSR count). The third kappa shape index (κ3) is 3.17. The number of benzene rings is 1. The molecule has 1 heterocycles. The van der Waals surface area contributed by atoms with Crippen LogP contribution in [0.3, 0.4) is 0 Å². The summed E-state index contributed by atoms with van der Waals surface area (Å²) in [5.41, 5.74) is 0.425. The third-order valence-corrected chi connectivity index (χ3v) is 6.31. The van der Waals surface area contributed by atoms with Gasteiger partial charge in [-0.25, -0.2) is 8.42 Å². The number of anilines is 1. The maximum atomic E-state index is 12.2. The molecule has 0 atom stereocenters. The van der Waals surface area contributed by atoms with Crippen molar-refractivity contribution in [1.82, 2.24) is 0 Å². The lowest BCUT2D eigenvalue weighted by Crippen LogP contribution is -2.12. The molecule has 0 saturated carbocycles. The molecule has 0 amide bonds. The summed E-state index contributed by atoms with van der Waals surface area (Å²) in [7, 11) is -3.69. The first-order valence-electron chi connectivity index (χ1n) is 4.91. The van der Waals surface area contributed by atoms with E-state index in [1.807, 2.05) is 6.07 Å². The summed E-state index contributed by atoms with van der Waals surface area (Å²) >= 11 is 7.50. The van der Waals surface area contributed by atoms with Crippen molar-refractivity contribution in [3.63, 3.8) is 0 Å². The summed E-state index contributed by atoms with van der Waals surface area (Å²) in [6, 6.07) is 10.1. The van der Waals surface area contributed by atoms with E-state index in [1.165, 1.54) is 12.1 Å². The Kier molecular flexibility index (Phi) is 4.30. The normalized spacial score (nSPS) is 11.0. The SMILES string of the molecule is N#Cc1ccc(S(=O)(=O)Nc2c(Br)cccc2Br)s1. The molecule has 8 heteroatoms. The van der Waals surface area contributed by atoms with Gasteiger partial charge in [-0.15, -0.1) is 11.3 Å². The fraction of sp³-hybridized carbons (Fsp3) is 0. The average molecular weight is 422 g/mol. The molecule has 2 aromatic rings. The Balaban J connectivity index is 2.40. The van der Waals surface area contributed by atoms with E-state index in [1.54, 1.807) is 18.2 Å². The Morgan fingerprint density at radius 3 is 2.32 bits per heavy atom. The Morgan fingerprint density at radius 1 is 1.16 bits per heavy atom. The van der Waals surface area contributed by atoms with Gasteiger partial charge in [-0.1, -0.05) is 6.07 Å². The first kappa shape index (κ1) is 14.5. The number of hydrogen-bond acceptors (Lipinski definition) is 4. The highest BCUT2D eigenvalue weighted by Crippen LogP contribution is 2.33. The molecule has 0 aliphatic carbocycles. The van der Waals surface area contributed by atoms with Crippen LogP contribution in [-0.4, -0.2) is 8.42 Å². The van der Waals surface area contributed by atoms with Crippen LogP contribution in [0.5, 0.6) is 0 Å². The number of halogens is 2. The highest BCUT2D eigenvalue weighted by Gasteiger charge is 2.19. The van der Waals surface area contributed by atoms with Crippen molar-refractivity contribution < 1.29 is 8.42 Å². The molecule has 0 spiro atoms. The van der Waals surface area contributed by atoms with Crippen LogP contribution in [0.15, 0.2) is 43.5 Å². The van der Waals surface area contributed by atoms with Gasteiger partial charge in [-0.05, 0) is 56.1 Å². The monoisotopic (exact) mass is 420 g/mol. The first-order valence-corrected chi connectivity index (χ1v) is 8.79. The summed E-state index contributed by atoms with van der Waals surface area (Å²) in [4.78, 5) is 0.353. The van der Waals surface area contributed by atoms with Gasteiger partial charge in [0, 0.05) is 8.95 Å². The molecule has 98 valence electrons. The second-order valence-corrected chi connectivity index (χ2v) is 8.13. The first-order chi connectivity index (χ1) is 8.94. The molecule has 0 saturated heterocycles. The van der Waals surface area contributed by atoms with E-state index < -0.39 is 10.0 Å². The maximum absolute atomic E-state index is 12.2. The molecule has 0 radical (unpaired) electrons. The molecule has 0 aliphatic heterocycles. The van der Waals surface area contributed by atoms with Gasteiger partial charge in [0.05, 0.1) is 5.69 Å². The molecular weight excluding hydrogens is 416 g/mol. The molecule has 1 aromatic carbocycles. The minimum atomic E-state index is -3.69. The van der Waals surface area contributed by atoms with E-state index in [4.69, 9.17) is 5.26 Å². The van der Waals surface area contributed by atoms with Gasteiger partial charge in [0.1, 0.15) is 15.2 Å². The number of nitriles is 1. The minimum Gasteiger partial charge on any atom is -0.277 e. The molecule has 1 N–H and O–H groups in total. The molecular formula is C11H6Br2N2O2S2. The fourth-order valence-corrected chi connectivity index (χ4v) is 4.97. The summed E-state index contributed by atoms with van der Waals surface area (Å²) < 4.78 is 28.2. The zero-order valence-corrected chi connectivity index (χ0v) is 14.0. The molecule has 0 aliphatic rings. The van der Waals surface area contributed by atoms with Gasteiger partial charge in [0.2, 0.25) is 0 Å². The van der Waals surface area contributed by atoms with Crippen LogP contribution in [0.25, 0.3) is 0 Å².